The minimum atomic E-state index is 0.436. The van der Waals surface area contributed by atoms with Crippen LogP contribution < -0.4 is 5.73 Å². The Morgan fingerprint density at radius 2 is 2.27 bits per heavy atom. The first kappa shape index (κ1) is 12.1. The summed E-state index contributed by atoms with van der Waals surface area (Å²) >= 11 is 4.91. The summed E-state index contributed by atoms with van der Waals surface area (Å²) in [4.78, 5) is 0.436. The van der Waals surface area contributed by atoms with E-state index in [1.807, 2.05) is 24.3 Å². The number of nitrogens with two attached hydrogens (primary N) is 1. The molecule has 0 unspecified atom stereocenters. The van der Waals surface area contributed by atoms with E-state index < -0.39 is 0 Å². The maximum Gasteiger partial charge on any atom is 0.103 e. The molecule has 0 fully saturated rings. The Morgan fingerprint density at radius 1 is 1.47 bits per heavy atom. The lowest BCUT2D eigenvalue weighted by Crippen LogP contribution is -2.09. The molecule has 1 rings (SSSR count). The molecular formula is C12H17NOS. The number of hydrogen-bond donors (Lipinski definition) is 1. The summed E-state index contributed by atoms with van der Waals surface area (Å²) in [5, 5.41) is 0. The highest BCUT2D eigenvalue weighted by molar-refractivity contribution is 7.80. The third-order valence-electron chi connectivity index (χ3n) is 2.12. The summed E-state index contributed by atoms with van der Waals surface area (Å²) in [5.41, 5.74) is 7.58. The zero-order valence-electron chi connectivity index (χ0n) is 9.03. The fraction of sp³-hybridized carbons (Fsp3) is 0.417. The summed E-state index contributed by atoms with van der Waals surface area (Å²) in [6.07, 6.45) is 2.27. The van der Waals surface area contributed by atoms with Crippen molar-refractivity contribution in [3.63, 3.8) is 0 Å². The molecule has 0 aliphatic rings. The van der Waals surface area contributed by atoms with Gasteiger partial charge in [0.1, 0.15) is 4.99 Å². The van der Waals surface area contributed by atoms with Gasteiger partial charge < -0.3 is 10.5 Å². The van der Waals surface area contributed by atoms with E-state index >= 15 is 0 Å². The summed E-state index contributed by atoms with van der Waals surface area (Å²) in [7, 11) is 0. The van der Waals surface area contributed by atoms with E-state index in [0.717, 1.165) is 30.6 Å². The monoisotopic (exact) mass is 223 g/mol. The second kappa shape index (κ2) is 6.53. The fourth-order valence-corrected chi connectivity index (χ4v) is 1.38. The Morgan fingerprint density at radius 3 is 2.93 bits per heavy atom. The van der Waals surface area contributed by atoms with Crippen LogP contribution in [0.15, 0.2) is 24.3 Å². The lowest BCUT2D eigenvalue weighted by atomic mass is 10.1. The minimum absolute atomic E-state index is 0.436. The summed E-state index contributed by atoms with van der Waals surface area (Å²) in [6, 6.07) is 7.87. The van der Waals surface area contributed by atoms with Crippen LogP contribution in [0.3, 0.4) is 0 Å². The van der Waals surface area contributed by atoms with E-state index in [1.54, 1.807) is 0 Å². The number of hydrogen-bond acceptors (Lipinski definition) is 2. The molecule has 0 amide bonds. The molecule has 0 bridgehead atoms. The van der Waals surface area contributed by atoms with Crippen LogP contribution in [0.5, 0.6) is 0 Å². The highest BCUT2D eigenvalue weighted by Gasteiger charge is 1.98. The van der Waals surface area contributed by atoms with Crippen molar-refractivity contribution in [2.75, 3.05) is 6.61 Å². The molecule has 0 atom stereocenters. The van der Waals surface area contributed by atoms with E-state index in [2.05, 4.69) is 6.92 Å². The van der Waals surface area contributed by atoms with Gasteiger partial charge in [-0.25, -0.2) is 0 Å². The molecule has 0 heterocycles. The third-order valence-corrected chi connectivity index (χ3v) is 2.36. The molecule has 2 N–H and O–H groups in total. The standard InChI is InChI=1S/C12H17NOS/c1-2-3-7-14-9-10-5-4-6-11(8-10)12(13)15/h4-6,8H,2-3,7,9H2,1H3,(H2,13,15). The van der Waals surface area contributed by atoms with Gasteiger partial charge in [-0.2, -0.15) is 0 Å². The van der Waals surface area contributed by atoms with Crippen molar-refractivity contribution < 1.29 is 4.74 Å². The molecule has 0 aliphatic carbocycles. The maximum absolute atomic E-state index is 5.55. The van der Waals surface area contributed by atoms with Crippen LogP contribution in [0.2, 0.25) is 0 Å². The number of rotatable bonds is 6. The van der Waals surface area contributed by atoms with Gasteiger partial charge in [0.05, 0.1) is 6.61 Å². The quantitative estimate of drug-likeness (QED) is 0.595. The Labute approximate surface area is 96.4 Å². The number of thiocarbonyl (C=S) groups is 1. The second-order valence-corrected chi connectivity index (χ2v) is 3.91. The highest BCUT2D eigenvalue weighted by Crippen LogP contribution is 2.07. The zero-order valence-corrected chi connectivity index (χ0v) is 9.85. The van der Waals surface area contributed by atoms with Crippen molar-refractivity contribution >= 4 is 17.2 Å². The first-order valence-electron chi connectivity index (χ1n) is 5.20. The Balaban J connectivity index is 2.47. The van der Waals surface area contributed by atoms with Crippen LogP contribution in [-0.4, -0.2) is 11.6 Å². The van der Waals surface area contributed by atoms with Gasteiger partial charge in [-0.1, -0.05) is 43.8 Å². The molecule has 3 heteroatoms. The molecular weight excluding hydrogens is 206 g/mol. The van der Waals surface area contributed by atoms with Crippen molar-refractivity contribution in [1.82, 2.24) is 0 Å². The van der Waals surface area contributed by atoms with Gasteiger partial charge in [0.2, 0.25) is 0 Å². The Hall–Kier alpha value is -0.930. The van der Waals surface area contributed by atoms with Gasteiger partial charge >= 0.3 is 0 Å². The van der Waals surface area contributed by atoms with Crippen molar-refractivity contribution in [1.29, 1.82) is 0 Å². The van der Waals surface area contributed by atoms with Gasteiger partial charge in [0, 0.05) is 12.2 Å². The van der Waals surface area contributed by atoms with Gasteiger partial charge in [-0.3, -0.25) is 0 Å². The lowest BCUT2D eigenvalue weighted by molar-refractivity contribution is 0.118. The topological polar surface area (TPSA) is 35.2 Å². The maximum atomic E-state index is 5.55. The molecule has 0 saturated carbocycles. The van der Waals surface area contributed by atoms with Crippen molar-refractivity contribution in [3.05, 3.63) is 35.4 Å². The van der Waals surface area contributed by atoms with E-state index in [-0.39, 0.29) is 0 Å². The van der Waals surface area contributed by atoms with Crippen LogP contribution in [0, 0.1) is 0 Å². The van der Waals surface area contributed by atoms with E-state index in [0.29, 0.717) is 11.6 Å². The number of benzene rings is 1. The first-order valence-corrected chi connectivity index (χ1v) is 5.61. The Bertz CT molecular complexity index is 325. The molecule has 82 valence electrons. The third kappa shape index (κ3) is 4.40. The second-order valence-electron chi connectivity index (χ2n) is 3.47. The largest absolute Gasteiger partial charge is 0.389 e. The molecule has 2 nitrogen and oxygen atoms in total. The first-order chi connectivity index (χ1) is 7.24. The molecule has 0 aromatic heterocycles. The van der Waals surface area contributed by atoms with Gasteiger partial charge in [0.25, 0.3) is 0 Å². The molecule has 0 saturated heterocycles. The van der Waals surface area contributed by atoms with Crippen molar-refractivity contribution in [2.24, 2.45) is 5.73 Å². The van der Waals surface area contributed by atoms with Crippen LogP contribution in [0.1, 0.15) is 30.9 Å². The van der Waals surface area contributed by atoms with E-state index in [4.69, 9.17) is 22.7 Å². The predicted molar refractivity (Wildman–Crippen MR) is 66.9 cm³/mol. The molecule has 0 spiro atoms. The van der Waals surface area contributed by atoms with Crippen molar-refractivity contribution in [3.8, 4) is 0 Å². The minimum Gasteiger partial charge on any atom is -0.389 e. The molecule has 15 heavy (non-hydrogen) atoms. The lowest BCUT2D eigenvalue weighted by Gasteiger charge is -2.05. The van der Waals surface area contributed by atoms with Crippen LogP contribution in [-0.2, 0) is 11.3 Å². The van der Waals surface area contributed by atoms with E-state index in [9.17, 15) is 0 Å². The SMILES string of the molecule is CCCCOCc1cccc(C(N)=S)c1. The Kier molecular flexibility index (Phi) is 5.29. The highest BCUT2D eigenvalue weighted by atomic mass is 32.1. The number of unbranched alkanes of at least 4 members (excludes halogenated alkanes) is 1. The van der Waals surface area contributed by atoms with E-state index in [1.165, 1.54) is 0 Å². The predicted octanol–water partition coefficient (Wildman–Crippen LogP) is 2.64. The average molecular weight is 223 g/mol. The molecule has 0 radical (unpaired) electrons. The normalized spacial score (nSPS) is 10.2. The zero-order chi connectivity index (χ0) is 11.1. The molecule has 1 aromatic rings. The summed E-state index contributed by atoms with van der Waals surface area (Å²) < 4.78 is 5.51. The van der Waals surface area contributed by atoms with Crippen LogP contribution >= 0.6 is 12.2 Å². The van der Waals surface area contributed by atoms with Crippen LogP contribution in [0.4, 0.5) is 0 Å². The van der Waals surface area contributed by atoms with Gasteiger partial charge in [-0.15, -0.1) is 0 Å². The van der Waals surface area contributed by atoms with Crippen molar-refractivity contribution in [2.45, 2.75) is 26.4 Å². The summed E-state index contributed by atoms with van der Waals surface area (Å²) in [5.74, 6) is 0. The van der Waals surface area contributed by atoms with Gasteiger partial charge in [-0.05, 0) is 18.1 Å². The fourth-order valence-electron chi connectivity index (χ4n) is 1.25. The molecule has 0 aliphatic heterocycles. The number of ether oxygens (including phenoxy) is 1. The van der Waals surface area contributed by atoms with Crippen LogP contribution in [0.25, 0.3) is 0 Å². The average Bonchev–Trinajstić information content (AvgIpc) is 2.25. The summed E-state index contributed by atoms with van der Waals surface area (Å²) in [6.45, 7) is 3.60. The molecule has 1 aromatic carbocycles. The smallest absolute Gasteiger partial charge is 0.103 e. The van der Waals surface area contributed by atoms with Gasteiger partial charge in [0.15, 0.2) is 0 Å².